The Morgan fingerprint density at radius 1 is 1.50 bits per heavy atom. The van der Waals surface area contributed by atoms with Gasteiger partial charge >= 0.3 is 0 Å². The highest BCUT2D eigenvalue weighted by molar-refractivity contribution is 9.10. The summed E-state index contributed by atoms with van der Waals surface area (Å²) >= 11 is 5.40. The van der Waals surface area contributed by atoms with Gasteiger partial charge in [0.2, 0.25) is 0 Å². The smallest absolute Gasteiger partial charge is 0.125 e. The molecule has 0 fully saturated rings. The van der Waals surface area contributed by atoms with Crippen LogP contribution < -0.4 is 10.1 Å². The number of ether oxygens (including phenoxy) is 1. The van der Waals surface area contributed by atoms with E-state index in [1.807, 2.05) is 11.8 Å². The Morgan fingerprint density at radius 2 is 2.33 bits per heavy atom. The van der Waals surface area contributed by atoms with Gasteiger partial charge in [0.05, 0.1) is 0 Å². The Hall–Kier alpha value is -0.190. The number of hydrogen-bond donors (Lipinski definition) is 1. The summed E-state index contributed by atoms with van der Waals surface area (Å²) in [6.07, 6.45) is 4.68. The van der Waals surface area contributed by atoms with E-state index in [2.05, 4.69) is 52.6 Å². The molecule has 1 N–H and O–H groups in total. The largest absolute Gasteiger partial charge is 0.490 e. The van der Waals surface area contributed by atoms with Crippen LogP contribution in [-0.4, -0.2) is 24.7 Å². The number of rotatable bonds is 5. The maximum absolute atomic E-state index is 6.11. The van der Waals surface area contributed by atoms with Gasteiger partial charge in [-0.25, -0.2) is 0 Å². The van der Waals surface area contributed by atoms with Crippen LogP contribution in [-0.2, 0) is 0 Å². The van der Waals surface area contributed by atoms with Crippen molar-refractivity contribution in [3.8, 4) is 5.75 Å². The van der Waals surface area contributed by atoms with Crippen LogP contribution in [0.3, 0.4) is 0 Å². The molecule has 0 bridgehead atoms. The van der Waals surface area contributed by atoms with E-state index in [0.717, 1.165) is 35.4 Å². The molecule has 1 aliphatic heterocycles. The predicted octanol–water partition coefficient (Wildman–Crippen LogP) is 4.00. The second-order valence-electron chi connectivity index (χ2n) is 4.55. The molecule has 0 saturated heterocycles. The first kappa shape index (κ1) is 14.2. The molecule has 1 aromatic rings. The lowest BCUT2D eigenvalue weighted by atomic mass is 9.95. The normalized spacial score (nSPS) is 22.4. The van der Waals surface area contributed by atoms with Crippen LogP contribution in [0.15, 0.2) is 22.7 Å². The minimum absolute atomic E-state index is 0.336. The van der Waals surface area contributed by atoms with E-state index >= 15 is 0 Å². The van der Waals surface area contributed by atoms with Gasteiger partial charge in [0.25, 0.3) is 0 Å². The third kappa shape index (κ3) is 3.43. The SMILES string of the molecule is CCNC1CC(CCSC)Oc2cc(Br)ccc21. The quantitative estimate of drug-likeness (QED) is 0.882. The summed E-state index contributed by atoms with van der Waals surface area (Å²) in [5.41, 5.74) is 1.29. The van der Waals surface area contributed by atoms with E-state index in [0.29, 0.717) is 12.1 Å². The van der Waals surface area contributed by atoms with E-state index in [4.69, 9.17) is 4.74 Å². The zero-order valence-electron chi connectivity index (χ0n) is 10.9. The molecule has 0 aliphatic carbocycles. The Kier molecular flexibility index (Phi) is 5.39. The molecule has 1 aromatic carbocycles. The first-order valence-corrected chi connectivity index (χ1v) is 8.61. The molecule has 4 heteroatoms. The van der Waals surface area contributed by atoms with Crippen LogP contribution in [0.4, 0.5) is 0 Å². The molecular formula is C14H20BrNOS. The molecule has 2 atom stereocenters. The van der Waals surface area contributed by atoms with Crippen molar-refractivity contribution in [2.45, 2.75) is 31.9 Å². The highest BCUT2D eigenvalue weighted by Gasteiger charge is 2.27. The number of hydrogen-bond acceptors (Lipinski definition) is 3. The lowest BCUT2D eigenvalue weighted by Crippen LogP contribution is -2.33. The summed E-state index contributed by atoms with van der Waals surface area (Å²) in [6, 6.07) is 6.77. The molecule has 0 amide bonds. The van der Waals surface area contributed by atoms with Crippen molar-refractivity contribution in [1.82, 2.24) is 5.32 Å². The van der Waals surface area contributed by atoms with Gasteiger partial charge in [-0.1, -0.05) is 28.9 Å². The molecule has 2 unspecified atom stereocenters. The number of thioether (sulfide) groups is 1. The van der Waals surface area contributed by atoms with E-state index < -0.39 is 0 Å². The highest BCUT2D eigenvalue weighted by Crippen LogP contribution is 2.37. The molecule has 0 spiro atoms. The first-order valence-electron chi connectivity index (χ1n) is 6.43. The lowest BCUT2D eigenvalue weighted by molar-refractivity contribution is 0.147. The number of halogens is 1. The Labute approximate surface area is 122 Å². The van der Waals surface area contributed by atoms with Crippen molar-refractivity contribution in [3.05, 3.63) is 28.2 Å². The minimum Gasteiger partial charge on any atom is -0.490 e. The summed E-state index contributed by atoms with van der Waals surface area (Å²) in [6.45, 7) is 3.15. The van der Waals surface area contributed by atoms with Crippen LogP contribution in [0.1, 0.15) is 31.4 Å². The number of benzene rings is 1. The predicted molar refractivity (Wildman–Crippen MR) is 82.6 cm³/mol. The monoisotopic (exact) mass is 329 g/mol. The van der Waals surface area contributed by atoms with Crippen LogP contribution in [0.2, 0.25) is 0 Å². The molecule has 0 aromatic heterocycles. The standard InChI is InChI=1S/C14H20BrNOS/c1-3-16-13-9-11(6-7-18-2)17-14-8-10(15)4-5-12(13)14/h4-5,8,11,13,16H,3,6-7,9H2,1-2H3. The van der Waals surface area contributed by atoms with Gasteiger partial charge in [0.15, 0.2) is 0 Å². The van der Waals surface area contributed by atoms with Crippen LogP contribution in [0, 0.1) is 0 Å². The van der Waals surface area contributed by atoms with Crippen molar-refractivity contribution in [3.63, 3.8) is 0 Å². The van der Waals surface area contributed by atoms with Crippen LogP contribution in [0.25, 0.3) is 0 Å². The average molecular weight is 330 g/mol. The van der Waals surface area contributed by atoms with Gasteiger partial charge in [-0.15, -0.1) is 0 Å². The average Bonchev–Trinajstić information content (AvgIpc) is 2.36. The van der Waals surface area contributed by atoms with Crippen LogP contribution >= 0.6 is 27.7 Å². The van der Waals surface area contributed by atoms with Crippen molar-refractivity contribution in [2.75, 3.05) is 18.6 Å². The Bertz CT molecular complexity index is 399. The van der Waals surface area contributed by atoms with E-state index in [1.165, 1.54) is 5.56 Å². The van der Waals surface area contributed by atoms with Crippen molar-refractivity contribution in [1.29, 1.82) is 0 Å². The van der Waals surface area contributed by atoms with E-state index in [9.17, 15) is 0 Å². The molecule has 2 nitrogen and oxygen atoms in total. The van der Waals surface area contributed by atoms with Gasteiger partial charge in [0.1, 0.15) is 11.9 Å². The van der Waals surface area contributed by atoms with Gasteiger partial charge in [-0.2, -0.15) is 11.8 Å². The maximum atomic E-state index is 6.11. The van der Waals surface area contributed by atoms with Gasteiger partial charge in [-0.05, 0) is 37.1 Å². The first-order chi connectivity index (χ1) is 8.74. The highest BCUT2D eigenvalue weighted by atomic mass is 79.9. The molecule has 100 valence electrons. The number of nitrogens with one attached hydrogen (secondary N) is 1. The fourth-order valence-electron chi connectivity index (χ4n) is 2.38. The second kappa shape index (κ2) is 6.83. The number of fused-ring (bicyclic) bond motifs is 1. The van der Waals surface area contributed by atoms with Crippen LogP contribution in [0.5, 0.6) is 5.75 Å². The Morgan fingerprint density at radius 3 is 3.06 bits per heavy atom. The molecule has 1 aliphatic rings. The van der Waals surface area contributed by atoms with Gasteiger partial charge < -0.3 is 10.1 Å². The Balaban J connectivity index is 2.17. The third-order valence-corrected chi connectivity index (χ3v) is 4.37. The molecule has 1 heterocycles. The maximum Gasteiger partial charge on any atom is 0.125 e. The summed E-state index contributed by atoms with van der Waals surface area (Å²) < 4.78 is 7.19. The molecular weight excluding hydrogens is 310 g/mol. The van der Waals surface area contributed by atoms with Gasteiger partial charge in [-0.3, -0.25) is 0 Å². The fourth-order valence-corrected chi connectivity index (χ4v) is 3.22. The summed E-state index contributed by atoms with van der Waals surface area (Å²) in [5.74, 6) is 2.19. The lowest BCUT2D eigenvalue weighted by Gasteiger charge is -2.32. The summed E-state index contributed by atoms with van der Waals surface area (Å²) in [4.78, 5) is 0. The molecule has 18 heavy (non-hydrogen) atoms. The van der Waals surface area contributed by atoms with Crippen molar-refractivity contribution >= 4 is 27.7 Å². The fraction of sp³-hybridized carbons (Fsp3) is 0.571. The third-order valence-electron chi connectivity index (χ3n) is 3.24. The van der Waals surface area contributed by atoms with E-state index in [-0.39, 0.29) is 0 Å². The summed E-state index contributed by atoms with van der Waals surface area (Å²) in [7, 11) is 0. The van der Waals surface area contributed by atoms with Crippen molar-refractivity contribution < 1.29 is 4.74 Å². The zero-order chi connectivity index (χ0) is 13.0. The minimum atomic E-state index is 0.336. The molecule has 0 radical (unpaired) electrons. The summed E-state index contributed by atoms with van der Waals surface area (Å²) in [5, 5.41) is 3.56. The topological polar surface area (TPSA) is 21.3 Å². The van der Waals surface area contributed by atoms with Gasteiger partial charge in [0, 0.05) is 22.5 Å². The molecule has 2 rings (SSSR count). The molecule has 0 saturated carbocycles. The van der Waals surface area contributed by atoms with E-state index in [1.54, 1.807) is 0 Å². The second-order valence-corrected chi connectivity index (χ2v) is 6.45. The van der Waals surface area contributed by atoms with Crippen molar-refractivity contribution in [2.24, 2.45) is 0 Å². The zero-order valence-corrected chi connectivity index (χ0v) is 13.3.